The van der Waals surface area contributed by atoms with E-state index in [2.05, 4.69) is 34.6 Å². The Bertz CT molecular complexity index is 654. The molecule has 0 heterocycles. The van der Waals surface area contributed by atoms with Crippen LogP contribution < -0.4 is 15.8 Å². The SMILES string of the molecule is I.NC(=NCc1ccc(COc2ccccc2)cc1)NCC1CCC1. The van der Waals surface area contributed by atoms with Crippen LogP contribution in [-0.4, -0.2) is 12.5 Å². The van der Waals surface area contributed by atoms with Crippen molar-refractivity contribution in [2.75, 3.05) is 6.54 Å². The molecule has 0 aromatic heterocycles. The van der Waals surface area contributed by atoms with E-state index in [1.165, 1.54) is 19.3 Å². The molecule has 0 spiro atoms. The van der Waals surface area contributed by atoms with Crippen LogP contribution in [0.25, 0.3) is 0 Å². The minimum absolute atomic E-state index is 0. The molecule has 0 atom stereocenters. The van der Waals surface area contributed by atoms with Gasteiger partial charge in [0, 0.05) is 6.54 Å². The normalized spacial score (nSPS) is 14.3. The van der Waals surface area contributed by atoms with Crippen LogP contribution in [0.4, 0.5) is 0 Å². The predicted molar refractivity (Wildman–Crippen MR) is 113 cm³/mol. The van der Waals surface area contributed by atoms with Crippen molar-refractivity contribution in [1.29, 1.82) is 0 Å². The molecule has 1 fully saturated rings. The van der Waals surface area contributed by atoms with Gasteiger partial charge in [0.25, 0.3) is 0 Å². The molecule has 1 saturated carbocycles. The van der Waals surface area contributed by atoms with Gasteiger partial charge >= 0.3 is 0 Å². The third-order valence-electron chi connectivity index (χ3n) is 4.40. The Kier molecular flexibility index (Phi) is 8.04. The Hall–Kier alpha value is -1.76. The number of guanidine groups is 1. The number of nitrogens with zero attached hydrogens (tertiary/aromatic N) is 1. The lowest BCUT2D eigenvalue weighted by Gasteiger charge is -2.25. The number of hydrogen-bond donors (Lipinski definition) is 2. The van der Waals surface area contributed by atoms with E-state index in [0.717, 1.165) is 29.3 Å². The van der Waals surface area contributed by atoms with Crippen molar-refractivity contribution in [3.05, 3.63) is 65.7 Å². The molecule has 4 nitrogen and oxygen atoms in total. The van der Waals surface area contributed by atoms with Crippen LogP contribution in [0.5, 0.6) is 5.75 Å². The average molecular weight is 451 g/mol. The van der Waals surface area contributed by atoms with E-state index in [-0.39, 0.29) is 24.0 Å². The van der Waals surface area contributed by atoms with Gasteiger partial charge in [0.2, 0.25) is 0 Å². The summed E-state index contributed by atoms with van der Waals surface area (Å²) >= 11 is 0. The fourth-order valence-corrected chi connectivity index (χ4v) is 2.60. The Labute approximate surface area is 166 Å². The quantitative estimate of drug-likeness (QED) is 0.379. The molecule has 134 valence electrons. The zero-order valence-corrected chi connectivity index (χ0v) is 16.7. The Morgan fingerprint density at radius 3 is 2.36 bits per heavy atom. The topological polar surface area (TPSA) is 59.6 Å². The van der Waals surface area contributed by atoms with Gasteiger partial charge in [-0.15, -0.1) is 24.0 Å². The van der Waals surface area contributed by atoms with E-state index in [0.29, 0.717) is 19.1 Å². The van der Waals surface area contributed by atoms with Crippen LogP contribution in [0.3, 0.4) is 0 Å². The minimum atomic E-state index is 0. The second-order valence-electron chi connectivity index (χ2n) is 6.30. The van der Waals surface area contributed by atoms with E-state index >= 15 is 0 Å². The summed E-state index contributed by atoms with van der Waals surface area (Å²) in [6.45, 7) is 2.12. The van der Waals surface area contributed by atoms with Gasteiger partial charge in [-0.2, -0.15) is 0 Å². The Balaban J connectivity index is 0.00000225. The Morgan fingerprint density at radius 1 is 1.04 bits per heavy atom. The third kappa shape index (κ3) is 6.57. The van der Waals surface area contributed by atoms with Crippen molar-refractivity contribution in [3.63, 3.8) is 0 Å². The number of hydrogen-bond acceptors (Lipinski definition) is 2. The van der Waals surface area contributed by atoms with Crippen molar-refractivity contribution in [2.45, 2.75) is 32.4 Å². The van der Waals surface area contributed by atoms with Gasteiger partial charge < -0.3 is 15.8 Å². The van der Waals surface area contributed by atoms with E-state index in [1.54, 1.807) is 0 Å². The largest absolute Gasteiger partial charge is 0.489 e. The summed E-state index contributed by atoms with van der Waals surface area (Å²) in [5.74, 6) is 2.21. The number of nitrogens with two attached hydrogens (primary N) is 1. The summed E-state index contributed by atoms with van der Waals surface area (Å²) in [5.41, 5.74) is 8.20. The molecule has 3 N–H and O–H groups in total. The first-order chi connectivity index (χ1) is 11.8. The minimum Gasteiger partial charge on any atom is -0.489 e. The van der Waals surface area contributed by atoms with Crippen LogP contribution in [0, 0.1) is 5.92 Å². The highest BCUT2D eigenvalue weighted by molar-refractivity contribution is 14.0. The fraction of sp³-hybridized carbons (Fsp3) is 0.350. The van der Waals surface area contributed by atoms with Crippen LogP contribution in [0.15, 0.2) is 59.6 Å². The molecule has 3 rings (SSSR count). The molecule has 0 unspecified atom stereocenters. The summed E-state index contributed by atoms with van der Waals surface area (Å²) < 4.78 is 5.74. The molecule has 25 heavy (non-hydrogen) atoms. The number of aliphatic imine (C=N–C) groups is 1. The molecule has 1 aliphatic rings. The molecule has 5 heteroatoms. The Morgan fingerprint density at radius 2 is 1.72 bits per heavy atom. The van der Waals surface area contributed by atoms with E-state index in [1.807, 2.05) is 30.3 Å². The van der Waals surface area contributed by atoms with Crippen LogP contribution in [-0.2, 0) is 13.2 Å². The summed E-state index contributed by atoms with van der Waals surface area (Å²) in [5, 5.41) is 3.21. The summed E-state index contributed by atoms with van der Waals surface area (Å²) in [7, 11) is 0. The van der Waals surface area contributed by atoms with Gasteiger partial charge in [-0.1, -0.05) is 48.9 Å². The molecule has 2 aromatic carbocycles. The van der Waals surface area contributed by atoms with Crippen molar-refractivity contribution in [1.82, 2.24) is 5.32 Å². The number of ether oxygens (including phenoxy) is 1. The highest BCUT2D eigenvalue weighted by Crippen LogP contribution is 2.25. The standard InChI is InChI=1S/C20H25N3O.HI/c21-20(22-13-16-5-4-6-16)23-14-17-9-11-18(12-10-17)15-24-19-7-2-1-3-8-19;/h1-3,7-12,16H,4-6,13-15H2,(H3,21,22,23);1H. The molecular formula is C20H26IN3O. The fourth-order valence-electron chi connectivity index (χ4n) is 2.60. The maximum absolute atomic E-state index is 5.91. The first-order valence-electron chi connectivity index (χ1n) is 8.59. The number of para-hydroxylation sites is 1. The van der Waals surface area contributed by atoms with Crippen molar-refractivity contribution in [2.24, 2.45) is 16.6 Å². The van der Waals surface area contributed by atoms with Crippen molar-refractivity contribution >= 4 is 29.9 Å². The molecule has 1 aliphatic carbocycles. The third-order valence-corrected chi connectivity index (χ3v) is 4.40. The number of nitrogens with one attached hydrogen (secondary N) is 1. The maximum atomic E-state index is 5.91. The van der Waals surface area contributed by atoms with Crippen LogP contribution in [0.1, 0.15) is 30.4 Å². The highest BCUT2D eigenvalue weighted by Gasteiger charge is 2.16. The lowest BCUT2D eigenvalue weighted by atomic mass is 9.85. The molecule has 0 bridgehead atoms. The second kappa shape index (κ2) is 10.3. The zero-order chi connectivity index (χ0) is 16.6. The van der Waals surface area contributed by atoms with Gasteiger partial charge in [0.05, 0.1) is 6.54 Å². The molecule has 0 amide bonds. The van der Waals surface area contributed by atoms with Gasteiger partial charge in [-0.25, -0.2) is 4.99 Å². The number of rotatable bonds is 7. The summed E-state index contributed by atoms with van der Waals surface area (Å²) in [6.07, 6.45) is 3.98. The zero-order valence-electron chi connectivity index (χ0n) is 14.4. The molecule has 0 saturated heterocycles. The van der Waals surface area contributed by atoms with Gasteiger partial charge in [-0.3, -0.25) is 0 Å². The van der Waals surface area contributed by atoms with Gasteiger partial charge in [0.1, 0.15) is 12.4 Å². The molecule has 2 aromatic rings. The monoisotopic (exact) mass is 451 g/mol. The summed E-state index contributed by atoms with van der Waals surface area (Å²) in [6, 6.07) is 18.1. The lowest BCUT2D eigenvalue weighted by molar-refractivity contribution is 0.306. The summed E-state index contributed by atoms with van der Waals surface area (Å²) in [4.78, 5) is 4.40. The van der Waals surface area contributed by atoms with E-state index in [4.69, 9.17) is 10.5 Å². The van der Waals surface area contributed by atoms with Gasteiger partial charge in [-0.05, 0) is 42.0 Å². The smallest absolute Gasteiger partial charge is 0.188 e. The predicted octanol–water partition coefficient (Wildman–Crippen LogP) is 4.09. The van der Waals surface area contributed by atoms with Gasteiger partial charge in [0.15, 0.2) is 5.96 Å². The van der Waals surface area contributed by atoms with E-state index < -0.39 is 0 Å². The first kappa shape index (κ1) is 19.6. The van der Waals surface area contributed by atoms with Crippen molar-refractivity contribution in [3.8, 4) is 5.75 Å². The van der Waals surface area contributed by atoms with Crippen LogP contribution in [0.2, 0.25) is 0 Å². The van der Waals surface area contributed by atoms with E-state index in [9.17, 15) is 0 Å². The molecule has 0 aliphatic heterocycles. The van der Waals surface area contributed by atoms with Crippen molar-refractivity contribution < 1.29 is 4.74 Å². The van der Waals surface area contributed by atoms with Crippen LogP contribution >= 0.6 is 24.0 Å². The lowest BCUT2D eigenvalue weighted by Crippen LogP contribution is -2.37. The maximum Gasteiger partial charge on any atom is 0.188 e. The second-order valence-corrected chi connectivity index (χ2v) is 6.30. The first-order valence-corrected chi connectivity index (χ1v) is 8.59. The molecule has 0 radical (unpaired) electrons. The average Bonchev–Trinajstić information content (AvgIpc) is 2.58. The number of benzene rings is 2. The number of halogens is 1. The molecular weight excluding hydrogens is 425 g/mol. The highest BCUT2D eigenvalue weighted by atomic mass is 127.